The highest BCUT2D eigenvalue weighted by atomic mass is 32.2. The minimum absolute atomic E-state index is 0.0522. The number of thioether (sulfide) groups is 1. The molecule has 0 bridgehead atoms. The topological polar surface area (TPSA) is 52.6 Å². The fourth-order valence-electron chi connectivity index (χ4n) is 3.08. The van der Waals surface area contributed by atoms with Crippen molar-refractivity contribution in [2.75, 3.05) is 12.4 Å². The lowest BCUT2D eigenvalue weighted by Crippen LogP contribution is -2.23. The zero-order valence-electron chi connectivity index (χ0n) is 16.6. The van der Waals surface area contributed by atoms with Crippen LogP contribution in [0.2, 0.25) is 0 Å². The average molecular weight is 399 g/mol. The Balaban J connectivity index is 1.67. The molecule has 0 aliphatic carbocycles. The molecule has 0 fully saturated rings. The van der Waals surface area contributed by atoms with Gasteiger partial charge >= 0.3 is 11.9 Å². The van der Waals surface area contributed by atoms with Gasteiger partial charge in [0.1, 0.15) is 5.75 Å². The van der Waals surface area contributed by atoms with E-state index in [1.807, 2.05) is 36.9 Å². The van der Waals surface area contributed by atoms with E-state index in [9.17, 15) is 9.59 Å². The number of benzene rings is 2. The standard InChI is InChI=1S/C23H26O4S/c1-4-5-13-26-21(24)16-6-9-18(10-7-16)27-22(25)17-8-11-20-19(15-17)23(2,3)12-14-28-20/h6-11,15H,4-5,12-14H2,1-3H3. The Morgan fingerprint density at radius 2 is 1.75 bits per heavy atom. The summed E-state index contributed by atoms with van der Waals surface area (Å²) in [5, 5.41) is 0. The van der Waals surface area contributed by atoms with E-state index >= 15 is 0 Å². The Kier molecular flexibility index (Phi) is 6.45. The maximum atomic E-state index is 12.6. The summed E-state index contributed by atoms with van der Waals surface area (Å²) in [6.45, 7) is 6.87. The van der Waals surface area contributed by atoms with Crippen LogP contribution in [0.5, 0.6) is 5.75 Å². The molecule has 0 aromatic heterocycles. The van der Waals surface area contributed by atoms with Gasteiger partial charge in [-0.2, -0.15) is 0 Å². The predicted molar refractivity (Wildman–Crippen MR) is 111 cm³/mol. The van der Waals surface area contributed by atoms with E-state index in [2.05, 4.69) is 13.8 Å². The number of fused-ring (bicyclic) bond motifs is 1. The van der Waals surface area contributed by atoms with Crippen LogP contribution in [0.1, 0.15) is 66.3 Å². The van der Waals surface area contributed by atoms with E-state index < -0.39 is 5.97 Å². The van der Waals surface area contributed by atoms with Gasteiger partial charge in [-0.15, -0.1) is 11.8 Å². The molecule has 0 unspecified atom stereocenters. The second-order valence-corrected chi connectivity index (χ2v) is 8.73. The molecule has 3 rings (SSSR count). The molecule has 0 spiro atoms. The number of hydrogen-bond acceptors (Lipinski definition) is 5. The van der Waals surface area contributed by atoms with Crippen molar-refractivity contribution in [3.05, 3.63) is 59.2 Å². The molecule has 28 heavy (non-hydrogen) atoms. The van der Waals surface area contributed by atoms with Crippen molar-refractivity contribution >= 4 is 23.7 Å². The molecular weight excluding hydrogens is 372 g/mol. The van der Waals surface area contributed by atoms with Gasteiger partial charge in [0.25, 0.3) is 0 Å². The minimum Gasteiger partial charge on any atom is -0.462 e. The van der Waals surface area contributed by atoms with Gasteiger partial charge in [-0.3, -0.25) is 0 Å². The Hall–Kier alpha value is -2.27. The molecule has 5 heteroatoms. The fourth-order valence-corrected chi connectivity index (χ4v) is 4.57. The lowest BCUT2D eigenvalue weighted by atomic mass is 9.81. The number of hydrogen-bond donors (Lipinski definition) is 0. The van der Waals surface area contributed by atoms with Crippen LogP contribution in [-0.2, 0) is 10.2 Å². The van der Waals surface area contributed by atoms with Crippen LogP contribution in [0.4, 0.5) is 0 Å². The fraction of sp³-hybridized carbons (Fsp3) is 0.391. The first-order chi connectivity index (χ1) is 13.4. The van der Waals surface area contributed by atoms with Gasteiger partial charge in [-0.25, -0.2) is 9.59 Å². The highest BCUT2D eigenvalue weighted by molar-refractivity contribution is 7.99. The number of rotatable bonds is 6. The molecule has 0 saturated heterocycles. The molecule has 4 nitrogen and oxygen atoms in total. The van der Waals surface area contributed by atoms with Crippen LogP contribution in [0.3, 0.4) is 0 Å². The molecule has 2 aromatic rings. The van der Waals surface area contributed by atoms with Crippen LogP contribution in [0.15, 0.2) is 47.4 Å². The van der Waals surface area contributed by atoms with Gasteiger partial charge in [-0.05, 0) is 72.0 Å². The smallest absolute Gasteiger partial charge is 0.343 e. The van der Waals surface area contributed by atoms with Crippen molar-refractivity contribution < 1.29 is 19.1 Å². The third-order valence-corrected chi connectivity index (χ3v) is 6.04. The molecule has 1 aliphatic heterocycles. The van der Waals surface area contributed by atoms with E-state index in [1.165, 1.54) is 10.5 Å². The summed E-state index contributed by atoms with van der Waals surface area (Å²) in [4.78, 5) is 25.8. The molecule has 2 aromatic carbocycles. The van der Waals surface area contributed by atoms with Gasteiger partial charge in [0.05, 0.1) is 17.7 Å². The number of ether oxygens (including phenoxy) is 2. The van der Waals surface area contributed by atoms with Crippen LogP contribution >= 0.6 is 11.8 Å². The van der Waals surface area contributed by atoms with Crippen molar-refractivity contribution in [2.24, 2.45) is 0 Å². The first kappa shape index (κ1) is 20.5. The van der Waals surface area contributed by atoms with E-state index in [0.29, 0.717) is 23.5 Å². The summed E-state index contributed by atoms with van der Waals surface area (Å²) in [6.07, 6.45) is 2.90. The summed E-state index contributed by atoms with van der Waals surface area (Å²) in [7, 11) is 0. The monoisotopic (exact) mass is 398 g/mol. The normalized spacial score (nSPS) is 14.8. The Morgan fingerprint density at radius 3 is 2.46 bits per heavy atom. The molecule has 0 atom stereocenters. The zero-order chi connectivity index (χ0) is 20.1. The maximum Gasteiger partial charge on any atom is 0.343 e. The molecule has 0 saturated carbocycles. The molecule has 0 N–H and O–H groups in total. The minimum atomic E-state index is -0.396. The second kappa shape index (κ2) is 8.82. The van der Waals surface area contributed by atoms with Crippen molar-refractivity contribution in [2.45, 2.75) is 50.3 Å². The number of carbonyl (C=O) groups excluding carboxylic acids is 2. The predicted octanol–water partition coefficient (Wildman–Crippen LogP) is 5.64. The van der Waals surface area contributed by atoms with E-state index in [1.54, 1.807) is 24.3 Å². The lowest BCUT2D eigenvalue weighted by Gasteiger charge is -2.32. The molecule has 0 radical (unpaired) electrons. The largest absolute Gasteiger partial charge is 0.462 e. The molecular formula is C23H26O4S. The van der Waals surface area contributed by atoms with E-state index in [0.717, 1.165) is 25.0 Å². The van der Waals surface area contributed by atoms with Crippen LogP contribution in [0, 0.1) is 0 Å². The van der Waals surface area contributed by atoms with Crippen molar-refractivity contribution in [3.63, 3.8) is 0 Å². The Morgan fingerprint density at radius 1 is 1.04 bits per heavy atom. The van der Waals surface area contributed by atoms with Gasteiger partial charge in [0, 0.05) is 4.90 Å². The van der Waals surface area contributed by atoms with Crippen molar-refractivity contribution in [3.8, 4) is 5.75 Å². The lowest BCUT2D eigenvalue weighted by molar-refractivity contribution is 0.0499. The van der Waals surface area contributed by atoms with Crippen molar-refractivity contribution in [1.29, 1.82) is 0 Å². The summed E-state index contributed by atoms with van der Waals surface area (Å²) in [5.74, 6) is 0.742. The maximum absolute atomic E-state index is 12.6. The van der Waals surface area contributed by atoms with E-state index in [-0.39, 0.29) is 11.4 Å². The first-order valence-corrected chi connectivity index (χ1v) is 10.7. The quantitative estimate of drug-likeness (QED) is 0.358. The highest BCUT2D eigenvalue weighted by Crippen LogP contribution is 2.41. The van der Waals surface area contributed by atoms with E-state index in [4.69, 9.17) is 9.47 Å². The molecule has 1 heterocycles. The summed E-state index contributed by atoms with van der Waals surface area (Å²) >= 11 is 1.83. The number of carbonyl (C=O) groups is 2. The van der Waals surface area contributed by atoms with Gasteiger partial charge in [0.15, 0.2) is 0 Å². The summed E-state index contributed by atoms with van der Waals surface area (Å²) < 4.78 is 10.7. The highest BCUT2D eigenvalue weighted by Gasteiger charge is 2.28. The van der Waals surface area contributed by atoms with Gasteiger partial charge in [0.2, 0.25) is 0 Å². The first-order valence-electron chi connectivity index (χ1n) is 9.67. The molecule has 1 aliphatic rings. The zero-order valence-corrected chi connectivity index (χ0v) is 17.4. The SMILES string of the molecule is CCCCOC(=O)c1ccc(OC(=O)c2ccc3c(c2)C(C)(C)CCS3)cc1. The Labute approximate surface area is 170 Å². The van der Waals surface area contributed by atoms with Crippen molar-refractivity contribution in [1.82, 2.24) is 0 Å². The number of unbranched alkanes of at least 4 members (excludes halogenated alkanes) is 1. The average Bonchev–Trinajstić information content (AvgIpc) is 2.68. The molecule has 0 amide bonds. The van der Waals surface area contributed by atoms with Crippen LogP contribution < -0.4 is 4.74 Å². The third-order valence-electron chi connectivity index (χ3n) is 4.96. The second-order valence-electron chi connectivity index (χ2n) is 7.60. The summed E-state index contributed by atoms with van der Waals surface area (Å²) in [5.41, 5.74) is 2.24. The Bertz CT molecular complexity index is 855. The van der Waals surface area contributed by atoms with Crippen LogP contribution in [-0.4, -0.2) is 24.3 Å². The number of esters is 2. The van der Waals surface area contributed by atoms with Crippen LogP contribution in [0.25, 0.3) is 0 Å². The van der Waals surface area contributed by atoms with Gasteiger partial charge < -0.3 is 9.47 Å². The molecule has 148 valence electrons. The van der Waals surface area contributed by atoms with Gasteiger partial charge in [-0.1, -0.05) is 27.2 Å². The summed E-state index contributed by atoms with van der Waals surface area (Å²) in [6, 6.07) is 12.2. The third kappa shape index (κ3) is 4.76.